The van der Waals surface area contributed by atoms with Crippen molar-refractivity contribution in [1.82, 2.24) is 0 Å². The zero-order valence-corrected chi connectivity index (χ0v) is 14.2. The lowest BCUT2D eigenvalue weighted by atomic mass is 10.0. The van der Waals surface area contributed by atoms with Crippen molar-refractivity contribution in [2.45, 2.75) is 19.4 Å². The molecule has 0 N–H and O–H groups in total. The Morgan fingerprint density at radius 3 is 2.88 bits per heavy atom. The highest BCUT2D eigenvalue weighted by molar-refractivity contribution is 6.08. The molecule has 0 aromatic heterocycles. The summed E-state index contributed by atoms with van der Waals surface area (Å²) < 4.78 is 10.4. The molecule has 2 aromatic rings. The normalized spacial score (nSPS) is 16.7. The van der Waals surface area contributed by atoms with Crippen LogP contribution in [0.1, 0.15) is 12.0 Å². The second-order valence-corrected chi connectivity index (χ2v) is 5.99. The molecule has 1 unspecified atom stereocenters. The van der Waals surface area contributed by atoms with E-state index in [-0.39, 0.29) is 25.1 Å². The first-order chi connectivity index (χ1) is 12.1. The van der Waals surface area contributed by atoms with Gasteiger partial charge in [0.2, 0.25) is 0 Å². The summed E-state index contributed by atoms with van der Waals surface area (Å²) in [4.78, 5) is 26.7. The maximum atomic E-state index is 12.9. The van der Waals surface area contributed by atoms with Crippen LogP contribution in [0, 0.1) is 6.92 Å². The largest absolute Gasteiger partial charge is 0.464 e. The van der Waals surface area contributed by atoms with Crippen LogP contribution in [0.15, 0.2) is 49.1 Å². The van der Waals surface area contributed by atoms with E-state index in [4.69, 9.17) is 9.47 Å². The Kier molecular flexibility index (Phi) is 5.14. The Balaban J connectivity index is 2.08. The highest BCUT2D eigenvalue weighted by atomic mass is 16.5. The van der Waals surface area contributed by atoms with Gasteiger partial charge in [-0.25, -0.2) is 4.79 Å². The van der Waals surface area contributed by atoms with E-state index in [2.05, 4.69) is 6.58 Å². The maximum Gasteiger partial charge on any atom is 0.329 e. The summed E-state index contributed by atoms with van der Waals surface area (Å²) in [5.74, 6) is -0.630. The molecule has 1 amide bonds. The number of esters is 1. The highest BCUT2D eigenvalue weighted by Crippen LogP contribution is 2.34. The average molecular weight is 339 g/mol. The van der Waals surface area contributed by atoms with Crippen LogP contribution in [0.25, 0.3) is 10.8 Å². The van der Waals surface area contributed by atoms with E-state index in [1.165, 1.54) is 0 Å². The van der Waals surface area contributed by atoms with Crippen LogP contribution in [-0.2, 0) is 19.1 Å². The molecule has 5 nitrogen and oxygen atoms in total. The van der Waals surface area contributed by atoms with Crippen molar-refractivity contribution in [2.24, 2.45) is 0 Å². The zero-order chi connectivity index (χ0) is 17.8. The molecule has 1 saturated heterocycles. The van der Waals surface area contributed by atoms with Crippen molar-refractivity contribution >= 4 is 28.3 Å². The number of anilines is 1. The molecule has 130 valence electrons. The summed E-state index contributed by atoms with van der Waals surface area (Å²) in [6.07, 6.45) is 2.07. The van der Waals surface area contributed by atoms with Gasteiger partial charge in [0, 0.05) is 11.8 Å². The number of nitrogens with zero attached hydrogens (tertiary/aromatic N) is 1. The predicted octanol–water partition coefficient (Wildman–Crippen LogP) is 3.00. The van der Waals surface area contributed by atoms with E-state index in [0.717, 1.165) is 22.0 Å². The number of carbonyl (C=O) groups is 2. The molecule has 0 bridgehead atoms. The summed E-state index contributed by atoms with van der Waals surface area (Å²) in [6.45, 7) is 6.01. The van der Waals surface area contributed by atoms with E-state index in [9.17, 15) is 9.59 Å². The lowest BCUT2D eigenvalue weighted by Crippen LogP contribution is -2.45. The van der Waals surface area contributed by atoms with Gasteiger partial charge < -0.3 is 9.47 Å². The summed E-state index contributed by atoms with van der Waals surface area (Å²) >= 11 is 0. The fourth-order valence-electron chi connectivity index (χ4n) is 3.16. The third-order valence-corrected chi connectivity index (χ3v) is 4.29. The third-order valence-electron chi connectivity index (χ3n) is 4.29. The number of cyclic esters (lactones) is 1. The molecule has 5 heteroatoms. The monoisotopic (exact) mass is 339 g/mol. The smallest absolute Gasteiger partial charge is 0.329 e. The molecular weight excluding hydrogens is 318 g/mol. The molecule has 2 aromatic carbocycles. The van der Waals surface area contributed by atoms with Gasteiger partial charge in [0.1, 0.15) is 12.6 Å². The molecule has 25 heavy (non-hydrogen) atoms. The molecule has 0 saturated carbocycles. The average Bonchev–Trinajstić information content (AvgIpc) is 3.03. The number of benzene rings is 2. The van der Waals surface area contributed by atoms with Gasteiger partial charge in [0.05, 0.1) is 18.9 Å². The van der Waals surface area contributed by atoms with Gasteiger partial charge in [-0.05, 0) is 17.9 Å². The van der Waals surface area contributed by atoms with Gasteiger partial charge in [-0.1, -0.05) is 42.5 Å². The van der Waals surface area contributed by atoms with Crippen LogP contribution < -0.4 is 4.90 Å². The van der Waals surface area contributed by atoms with Crippen LogP contribution in [0.2, 0.25) is 0 Å². The van der Waals surface area contributed by atoms with E-state index < -0.39 is 6.04 Å². The molecule has 1 heterocycles. The van der Waals surface area contributed by atoms with Gasteiger partial charge in [-0.2, -0.15) is 0 Å². The summed E-state index contributed by atoms with van der Waals surface area (Å²) in [5.41, 5.74) is 1.67. The topological polar surface area (TPSA) is 55.8 Å². The molecule has 0 aliphatic carbocycles. The number of rotatable bonds is 6. The number of carbonyl (C=O) groups excluding carboxylic acids is 2. The van der Waals surface area contributed by atoms with Gasteiger partial charge in [-0.3, -0.25) is 9.69 Å². The molecule has 1 fully saturated rings. The van der Waals surface area contributed by atoms with E-state index >= 15 is 0 Å². The van der Waals surface area contributed by atoms with Crippen LogP contribution in [0.3, 0.4) is 0 Å². The number of aryl methyl sites for hydroxylation is 1. The molecule has 0 spiro atoms. The number of ether oxygens (including phenoxy) is 2. The highest BCUT2D eigenvalue weighted by Gasteiger charge is 2.37. The Morgan fingerprint density at radius 2 is 2.16 bits per heavy atom. The Morgan fingerprint density at radius 1 is 1.36 bits per heavy atom. The molecule has 1 aliphatic heterocycles. The minimum atomic E-state index is -0.621. The lowest BCUT2D eigenvalue weighted by Gasteiger charge is -2.29. The van der Waals surface area contributed by atoms with E-state index in [1.54, 1.807) is 11.0 Å². The number of amides is 1. The number of hydrogen-bond acceptors (Lipinski definition) is 4. The van der Waals surface area contributed by atoms with Crippen LogP contribution >= 0.6 is 0 Å². The quantitative estimate of drug-likeness (QED) is 0.461. The van der Waals surface area contributed by atoms with Gasteiger partial charge in [0.25, 0.3) is 5.91 Å². The van der Waals surface area contributed by atoms with Crippen molar-refractivity contribution in [1.29, 1.82) is 0 Å². The Labute approximate surface area is 146 Å². The van der Waals surface area contributed by atoms with Gasteiger partial charge in [-0.15, -0.1) is 6.58 Å². The van der Waals surface area contributed by atoms with Gasteiger partial charge in [0.15, 0.2) is 0 Å². The first kappa shape index (κ1) is 17.2. The second kappa shape index (κ2) is 7.49. The fourth-order valence-corrected chi connectivity index (χ4v) is 3.16. The molecule has 0 radical (unpaired) electrons. The molecular formula is C20H21NO4. The van der Waals surface area contributed by atoms with Crippen LogP contribution in [0.5, 0.6) is 0 Å². The molecule has 1 aliphatic rings. The summed E-state index contributed by atoms with van der Waals surface area (Å²) in [7, 11) is 0. The van der Waals surface area contributed by atoms with Crippen molar-refractivity contribution in [3.05, 3.63) is 54.6 Å². The van der Waals surface area contributed by atoms with Crippen molar-refractivity contribution < 1.29 is 19.1 Å². The first-order valence-corrected chi connectivity index (χ1v) is 8.29. The van der Waals surface area contributed by atoms with Crippen LogP contribution in [-0.4, -0.2) is 37.7 Å². The van der Waals surface area contributed by atoms with E-state index in [1.807, 2.05) is 43.3 Å². The lowest BCUT2D eigenvalue weighted by molar-refractivity contribution is -0.140. The Bertz CT molecular complexity index is 814. The Hall–Kier alpha value is -2.66. The zero-order valence-electron chi connectivity index (χ0n) is 14.2. The standard InChI is InChI=1S/C20H21NO4/c1-3-11-24-13-18(22)21(17-10-12-25-20(17)23)19-14(2)8-9-15-6-4-5-7-16(15)19/h3-9,17H,1,10-13H2,2H3. The summed E-state index contributed by atoms with van der Waals surface area (Å²) in [5, 5.41) is 1.94. The minimum Gasteiger partial charge on any atom is -0.464 e. The van der Waals surface area contributed by atoms with Crippen LogP contribution in [0.4, 0.5) is 5.69 Å². The summed E-state index contributed by atoms with van der Waals surface area (Å²) in [6, 6.07) is 11.2. The first-order valence-electron chi connectivity index (χ1n) is 8.29. The van der Waals surface area contributed by atoms with Crippen molar-refractivity contribution in [3.8, 4) is 0 Å². The SMILES string of the molecule is C=CCOCC(=O)N(c1c(C)ccc2ccccc12)C1CCOC1=O. The molecule has 1 atom stereocenters. The van der Waals surface area contributed by atoms with Crippen molar-refractivity contribution in [2.75, 3.05) is 24.7 Å². The minimum absolute atomic E-state index is 0.113. The van der Waals surface area contributed by atoms with E-state index in [0.29, 0.717) is 13.0 Å². The maximum absolute atomic E-state index is 12.9. The third kappa shape index (κ3) is 3.42. The second-order valence-electron chi connectivity index (χ2n) is 5.99. The number of hydrogen-bond donors (Lipinski definition) is 0. The van der Waals surface area contributed by atoms with Gasteiger partial charge >= 0.3 is 5.97 Å². The number of fused-ring (bicyclic) bond motifs is 1. The fraction of sp³-hybridized carbons (Fsp3) is 0.300. The predicted molar refractivity (Wildman–Crippen MR) is 96.6 cm³/mol. The van der Waals surface area contributed by atoms with Crippen molar-refractivity contribution in [3.63, 3.8) is 0 Å². The molecule has 3 rings (SSSR count).